The number of hydrogen-bond acceptors (Lipinski definition) is 3. The molecule has 0 aromatic carbocycles. The Morgan fingerprint density at radius 1 is 1.31 bits per heavy atom. The molecule has 1 aliphatic heterocycles. The molecule has 3 fully saturated rings. The number of hydrogen-bond donors (Lipinski definition) is 2. The Hall–Kier alpha value is -0.220. The van der Waals surface area contributed by atoms with Crippen molar-refractivity contribution in [3.63, 3.8) is 0 Å². The summed E-state index contributed by atoms with van der Waals surface area (Å²) < 4.78 is 0. The van der Waals surface area contributed by atoms with E-state index in [0.717, 1.165) is 35.9 Å². The molecule has 2 saturated carbocycles. The summed E-state index contributed by atoms with van der Waals surface area (Å²) in [6.45, 7) is 0.928. The van der Waals surface area contributed by atoms with E-state index < -0.39 is 0 Å². The van der Waals surface area contributed by atoms with Crippen LogP contribution >= 0.6 is 11.8 Å². The van der Waals surface area contributed by atoms with Crippen LogP contribution in [0.3, 0.4) is 0 Å². The minimum Gasteiger partial charge on any atom is -0.354 e. The van der Waals surface area contributed by atoms with Gasteiger partial charge in [0.25, 0.3) is 0 Å². The van der Waals surface area contributed by atoms with E-state index in [1.165, 1.54) is 25.7 Å². The molecule has 90 valence electrons. The maximum atomic E-state index is 11.8. The number of carbonyl (C=O) groups is 1. The van der Waals surface area contributed by atoms with E-state index in [1.807, 2.05) is 11.8 Å². The van der Waals surface area contributed by atoms with Crippen molar-refractivity contribution < 1.29 is 4.79 Å². The number of rotatable bonds is 5. The number of carbonyl (C=O) groups excluding carboxylic acids is 1. The third kappa shape index (κ3) is 2.54. The molecular weight excluding hydrogens is 220 g/mol. The highest BCUT2D eigenvalue weighted by molar-refractivity contribution is 7.99. The molecule has 4 heteroatoms. The Bertz CT molecular complexity index is 258. The zero-order valence-electron chi connectivity index (χ0n) is 9.58. The molecule has 0 bridgehead atoms. The number of amides is 1. The van der Waals surface area contributed by atoms with Crippen LogP contribution in [-0.4, -0.2) is 30.1 Å². The van der Waals surface area contributed by atoms with Crippen LogP contribution in [0.1, 0.15) is 25.7 Å². The smallest absolute Gasteiger partial charge is 0.238 e. The van der Waals surface area contributed by atoms with Gasteiger partial charge in [-0.15, -0.1) is 11.8 Å². The van der Waals surface area contributed by atoms with Gasteiger partial charge in [0, 0.05) is 18.2 Å². The molecule has 0 spiro atoms. The van der Waals surface area contributed by atoms with Gasteiger partial charge in [0.15, 0.2) is 0 Å². The van der Waals surface area contributed by atoms with Crippen molar-refractivity contribution in [3.8, 4) is 0 Å². The first-order valence-electron chi connectivity index (χ1n) is 6.43. The summed E-state index contributed by atoms with van der Waals surface area (Å²) >= 11 is 1.81. The second-order valence-electron chi connectivity index (χ2n) is 5.36. The Morgan fingerprint density at radius 2 is 2.00 bits per heavy atom. The molecule has 1 unspecified atom stereocenters. The van der Waals surface area contributed by atoms with E-state index in [0.29, 0.717) is 0 Å². The minimum atomic E-state index is 0.0593. The van der Waals surface area contributed by atoms with Gasteiger partial charge in [-0.2, -0.15) is 0 Å². The number of nitrogens with one attached hydrogen (secondary N) is 2. The van der Waals surface area contributed by atoms with Crippen molar-refractivity contribution in [3.05, 3.63) is 0 Å². The van der Waals surface area contributed by atoms with Crippen molar-refractivity contribution >= 4 is 17.7 Å². The van der Waals surface area contributed by atoms with Gasteiger partial charge in [0.2, 0.25) is 5.91 Å². The lowest BCUT2D eigenvalue weighted by atomic mass is 9.98. The molecule has 1 saturated heterocycles. The summed E-state index contributed by atoms with van der Waals surface area (Å²) in [5.41, 5.74) is 0. The number of thioether (sulfide) groups is 1. The van der Waals surface area contributed by atoms with Gasteiger partial charge in [-0.1, -0.05) is 0 Å². The molecule has 3 nitrogen and oxygen atoms in total. The second-order valence-corrected chi connectivity index (χ2v) is 6.39. The lowest BCUT2D eigenvalue weighted by Gasteiger charge is -2.18. The molecule has 0 aromatic heterocycles. The van der Waals surface area contributed by atoms with Gasteiger partial charge in [0.1, 0.15) is 0 Å². The van der Waals surface area contributed by atoms with E-state index >= 15 is 0 Å². The summed E-state index contributed by atoms with van der Waals surface area (Å²) in [6.07, 6.45) is 5.59. The van der Waals surface area contributed by atoms with Gasteiger partial charge in [-0.3, -0.25) is 10.1 Å². The molecular formula is C12H20N2OS. The van der Waals surface area contributed by atoms with Crippen LogP contribution in [0.4, 0.5) is 0 Å². The first-order chi connectivity index (χ1) is 7.84. The predicted octanol–water partition coefficient (Wildman–Crippen LogP) is 1.20. The molecule has 2 aliphatic carbocycles. The first-order valence-corrected chi connectivity index (χ1v) is 7.59. The molecule has 1 amide bonds. The zero-order chi connectivity index (χ0) is 11.0. The fourth-order valence-electron chi connectivity index (χ4n) is 2.67. The van der Waals surface area contributed by atoms with Crippen LogP contribution in [0.5, 0.6) is 0 Å². The van der Waals surface area contributed by atoms with Gasteiger partial charge >= 0.3 is 0 Å². The summed E-state index contributed by atoms with van der Waals surface area (Å²) in [5.74, 6) is 4.72. The van der Waals surface area contributed by atoms with Crippen LogP contribution < -0.4 is 10.6 Å². The van der Waals surface area contributed by atoms with Gasteiger partial charge < -0.3 is 5.32 Å². The van der Waals surface area contributed by atoms with E-state index in [4.69, 9.17) is 0 Å². The third-order valence-corrected chi connectivity index (χ3v) is 4.94. The van der Waals surface area contributed by atoms with Crippen LogP contribution in [-0.2, 0) is 4.79 Å². The third-order valence-electron chi connectivity index (χ3n) is 4.00. The normalized spacial score (nSPS) is 29.7. The molecule has 2 N–H and O–H groups in total. The molecule has 3 aliphatic rings. The van der Waals surface area contributed by atoms with Gasteiger partial charge in [-0.25, -0.2) is 0 Å². The fourth-order valence-corrected chi connectivity index (χ4v) is 3.61. The van der Waals surface area contributed by atoms with Crippen molar-refractivity contribution in [1.29, 1.82) is 0 Å². The van der Waals surface area contributed by atoms with Crippen LogP contribution in [0.15, 0.2) is 0 Å². The molecule has 0 radical (unpaired) electrons. The highest BCUT2D eigenvalue weighted by Gasteiger charge is 2.41. The van der Waals surface area contributed by atoms with Gasteiger partial charge in [0.05, 0.1) is 6.04 Å². The maximum Gasteiger partial charge on any atom is 0.238 e. The lowest BCUT2D eigenvalue weighted by Crippen LogP contribution is -2.44. The lowest BCUT2D eigenvalue weighted by molar-refractivity contribution is -0.122. The van der Waals surface area contributed by atoms with Crippen LogP contribution in [0, 0.1) is 17.8 Å². The first kappa shape index (κ1) is 10.9. The van der Waals surface area contributed by atoms with Crippen LogP contribution in [0.2, 0.25) is 0 Å². The Labute approximate surface area is 101 Å². The highest BCUT2D eigenvalue weighted by Crippen LogP contribution is 2.48. The van der Waals surface area contributed by atoms with Crippen molar-refractivity contribution in [2.75, 3.05) is 18.2 Å². The average Bonchev–Trinajstić information content (AvgIpc) is 3.21. The van der Waals surface area contributed by atoms with E-state index in [9.17, 15) is 4.79 Å². The Balaban J connectivity index is 1.45. The molecule has 0 aromatic rings. The summed E-state index contributed by atoms with van der Waals surface area (Å²) in [5, 5.41) is 6.37. The highest BCUT2D eigenvalue weighted by atomic mass is 32.2. The SMILES string of the molecule is O=C(NCC(C1CC1)C1CC1)C1CSCN1. The second kappa shape index (κ2) is 4.57. The average molecular weight is 240 g/mol. The van der Waals surface area contributed by atoms with Crippen LogP contribution in [0.25, 0.3) is 0 Å². The van der Waals surface area contributed by atoms with Crippen molar-refractivity contribution in [2.24, 2.45) is 17.8 Å². The summed E-state index contributed by atoms with van der Waals surface area (Å²) in [7, 11) is 0. The molecule has 3 rings (SSSR count). The molecule has 1 atom stereocenters. The Morgan fingerprint density at radius 3 is 2.50 bits per heavy atom. The topological polar surface area (TPSA) is 41.1 Å². The Kier molecular flexibility index (Phi) is 3.11. The fraction of sp³-hybridized carbons (Fsp3) is 0.917. The monoisotopic (exact) mass is 240 g/mol. The summed E-state index contributed by atoms with van der Waals surface area (Å²) in [6, 6.07) is 0.0593. The quantitative estimate of drug-likeness (QED) is 0.759. The molecule has 1 heterocycles. The van der Waals surface area contributed by atoms with Crippen molar-refractivity contribution in [2.45, 2.75) is 31.7 Å². The molecule has 16 heavy (non-hydrogen) atoms. The van der Waals surface area contributed by atoms with Crippen molar-refractivity contribution in [1.82, 2.24) is 10.6 Å². The van der Waals surface area contributed by atoms with Gasteiger partial charge in [-0.05, 0) is 43.4 Å². The standard InChI is InChI=1S/C12H20N2OS/c15-12(11-6-16-7-14-11)13-5-10(8-1-2-8)9-3-4-9/h8-11,14H,1-7H2,(H,13,15). The zero-order valence-corrected chi connectivity index (χ0v) is 10.4. The largest absolute Gasteiger partial charge is 0.354 e. The van der Waals surface area contributed by atoms with E-state index in [2.05, 4.69) is 10.6 Å². The van der Waals surface area contributed by atoms with E-state index in [-0.39, 0.29) is 11.9 Å². The summed E-state index contributed by atoms with van der Waals surface area (Å²) in [4.78, 5) is 11.8. The predicted molar refractivity (Wildman–Crippen MR) is 66.2 cm³/mol. The minimum absolute atomic E-state index is 0.0593. The maximum absolute atomic E-state index is 11.8. The van der Waals surface area contributed by atoms with E-state index in [1.54, 1.807) is 0 Å².